The van der Waals surface area contributed by atoms with Crippen LogP contribution in [0.15, 0.2) is 24.3 Å². The van der Waals surface area contributed by atoms with Crippen LogP contribution in [0.2, 0.25) is 5.02 Å². The maximum Gasteiger partial charge on any atom is 0.305 e. The van der Waals surface area contributed by atoms with E-state index in [4.69, 9.17) is 16.7 Å². The Kier molecular flexibility index (Phi) is 4.12. The first-order chi connectivity index (χ1) is 7.13. The number of amides is 1. The molecule has 80 valence electrons. The second-order valence-corrected chi connectivity index (χ2v) is 3.43. The van der Waals surface area contributed by atoms with Crippen LogP contribution < -0.4 is 5.32 Å². The van der Waals surface area contributed by atoms with Crippen molar-refractivity contribution in [2.24, 2.45) is 0 Å². The zero-order chi connectivity index (χ0) is 11.3. The number of carbonyl (C=O) groups is 2. The largest absolute Gasteiger partial charge is 0.481 e. The average molecular weight is 228 g/mol. The fourth-order valence-electron chi connectivity index (χ4n) is 1.25. The van der Waals surface area contributed by atoms with Crippen molar-refractivity contribution in [1.29, 1.82) is 0 Å². The lowest BCUT2D eigenvalue weighted by Crippen LogP contribution is -2.22. The van der Waals surface area contributed by atoms with Crippen LogP contribution in [0.5, 0.6) is 0 Å². The summed E-state index contributed by atoms with van der Waals surface area (Å²) >= 11 is 5.76. The predicted molar refractivity (Wildman–Crippen MR) is 55.6 cm³/mol. The quantitative estimate of drug-likeness (QED) is 0.751. The molecule has 1 atom stereocenters. The minimum Gasteiger partial charge on any atom is -0.481 e. The van der Waals surface area contributed by atoms with Crippen molar-refractivity contribution in [2.45, 2.75) is 12.5 Å². The molecular formula is C10H10ClNO3. The van der Waals surface area contributed by atoms with Gasteiger partial charge in [-0.3, -0.25) is 9.59 Å². The van der Waals surface area contributed by atoms with Crippen LogP contribution in [0.1, 0.15) is 18.0 Å². The predicted octanol–water partition coefficient (Wildman–Crippen LogP) is 1.60. The summed E-state index contributed by atoms with van der Waals surface area (Å²) < 4.78 is 0. The molecule has 0 spiro atoms. The summed E-state index contributed by atoms with van der Waals surface area (Å²) in [5.74, 6) is -0.977. The Balaban J connectivity index is 2.87. The molecule has 0 aromatic heterocycles. The van der Waals surface area contributed by atoms with E-state index < -0.39 is 12.0 Å². The van der Waals surface area contributed by atoms with E-state index in [-0.39, 0.29) is 6.42 Å². The molecule has 0 unspecified atom stereocenters. The van der Waals surface area contributed by atoms with Crippen molar-refractivity contribution in [1.82, 2.24) is 5.32 Å². The number of hydrogen-bond donors (Lipinski definition) is 2. The topological polar surface area (TPSA) is 66.4 Å². The summed E-state index contributed by atoms with van der Waals surface area (Å²) in [5.41, 5.74) is 0.678. The molecule has 0 fully saturated rings. The van der Waals surface area contributed by atoms with Crippen LogP contribution in [0.25, 0.3) is 0 Å². The van der Waals surface area contributed by atoms with Crippen LogP contribution in [-0.4, -0.2) is 17.5 Å². The Morgan fingerprint density at radius 2 is 2.33 bits per heavy atom. The lowest BCUT2D eigenvalue weighted by Gasteiger charge is -2.14. The highest BCUT2D eigenvalue weighted by Crippen LogP contribution is 2.19. The Labute approximate surface area is 91.9 Å². The van der Waals surface area contributed by atoms with Gasteiger partial charge in [0.2, 0.25) is 6.41 Å². The highest BCUT2D eigenvalue weighted by atomic mass is 35.5. The number of carboxylic acids is 1. The Morgan fingerprint density at radius 3 is 2.87 bits per heavy atom. The minimum absolute atomic E-state index is 0.168. The second-order valence-electron chi connectivity index (χ2n) is 2.99. The average Bonchev–Trinajstić information content (AvgIpc) is 2.16. The molecule has 0 aliphatic carbocycles. The molecule has 0 saturated heterocycles. The van der Waals surface area contributed by atoms with Crippen LogP contribution in [0.3, 0.4) is 0 Å². The number of nitrogens with one attached hydrogen (secondary N) is 1. The van der Waals surface area contributed by atoms with Crippen molar-refractivity contribution < 1.29 is 14.7 Å². The molecule has 1 aromatic carbocycles. The van der Waals surface area contributed by atoms with Crippen molar-refractivity contribution in [3.05, 3.63) is 34.9 Å². The van der Waals surface area contributed by atoms with Gasteiger partial charge < -0.3 is 10.4 Å². The SMILES string of the molecule is O=CN[C@H](CC(=O)O)c1cccc(Cl)c1. The van der Waals surface area contributed by atoms with Gasteiger partial charge in [0.15, 0.2) is 0 Å². The molecule has 4 nitrogen and oxygen atoms in total. The summed E-state index contributed by atoms with van der Waals surface area (Å²) in [5, 5.41) is 11.6. The molecule has 0 aliphatic heterocycles. The van der Waals surface area contributed by atoms with Crippen molar-refractivity contribution in [3.8, 4) is 0 Å². The number of hydrogen-bond acceptors (Lipinski definition) is 2. The molecule has 0 radical (unpaired) electrons. The number of aliphatic carboxylic acids is 1. The summed E-state index contributed by atoms with van der Waals surface area (Å²) in [6.45, 7) is 0. The van der Waals surface area contributed by atoms with Gasteiger partial charge in [0.1, 0.15) is 0 Å². The Morgan fingerprint density at radius 1 is 1.60 bits per heavy atom. The summed E-state index contributed by atoms with van der Waals surface area (Å²) in [7, 11) is 0. The number of rotatable bonds is 5. The van der Waals surface area contributed by atoms with Gasteiger partial charge in [-0.25, -0.2) is 0 Å². The van der Waals surface area contributed by atoms with E-state index in [0.717, 1.165) is 0 Å². The van der Waals surface area contributed by atoms with Crippen molar-refractivity contribution in [3.63, 3.8) is 0 Å². The first-order valence-corrected chi connectivity index (χ1v) is 4.68. The van der Waals surface area contributed by atoms with Crippen molar-refractivity contribution >= 4 is 24.0 Å². The van der Waals surface area contributed by atoms with Gasteiger partial charge in [0.25, 0.3) is 0 Å². The monoisotopic (exact) mass is 227 g/mol. The fraction of sp³-hybridized carbons (Fsp3) is 0.200. The van der Waals surface area contributed by atoms with Crippen LogP contribution >= 0.6 is 11.6 Å². The van der Waals surface area contributed by atoms with E-state index in [1.807, 2.05) is 0 Å². The highest BCUT2D eigenvalue weighted by Gasteiger charge is 2.14. The molecule has 15 heavy (non-hydrogen) atoms. The summed E-state index contributed by atoms with van der Waals surface area (Å²) in [6, 6.07) is 6.20. The molecule has 0 aliphatic rings. The molecule has 2 N–H and O–H groups in total. The maximum atomic E-state index is 10.6. The summed E-state index contributed by atoms with van der Waals surface area (Å²) in [4.78, 5) is 20.9. The van der Waals surface area contributed by atoms with Gasteiger partial charge >= 0.3 is 5.97 Å². The number of benzene rings is 1. The lowest BCUT2D eigenvalue weighted by molar-refractivity contribution is -0.137. The molecule has 0 heterocycles. The van der Waals surface area contributed by atoms with E-state index in [1.54, 1.807) is 24.3 Å². The third-order valence-corrected chi connectivity index (χ3v) is 2.13. The standard InChI is InChI=1S/C10H10ClNO3/c11-8-3-1-2-7(4-8)9(12-6-13)5-10(14)15/h1-4,6,9H,5H2,(H,12,13)(H,14,15)/t9-/m1/s1. The number of carbonyl (C=O) groups excluding carboxylic acids is 1. The third kappa shape index (κ3) is 3.59. The lowest BCUT2D eigenvalue weighted by atomic mass is 10.0. The molecule has 1 aromatic rings. The molecule has 0 bridgehead atoms. The number of halogens is 1. The van der Waals surface area contributed by atoms with E-state index in [9.17, 15) is 9.59 Å². The smallest absolute Gasteiger partial charge is 0.305 e. The normalized spacial score (nSPS) is 11.8. The number of carboxylic acid groups (broad SMARTS) is 1. The molecule has 5 heteroatoms. The van der Waals surface area contributed by atoms with Gasteiger partial charge in [-0.1, -0.05) is 23.7 Å². The second kappa shape index (κ2) is 5.36. The van der Waals surface area contributed by atoms with Gasteiger partial charge in [-0.05, 0) is 17.7 Å². The molecule has 0 saturated carbocycles. The molecular weight excluding hydrogens is 218 g/mol. The maximum absolute atomic E-state index is 10.6. The van der Waals surface area contributed by atoms with Gasteiger partial charge in [-0.15, -0.1) is 0 Å². The zero-order valence-electron chi connectivity index (χ0n) is 7.81. The van der Waals surface area contributed by atoms with E-state index in [1.165, 1.54) is 0 Å². The Hall–Kier alpha value is -1.55. The Bertz CT molecular complexity index is 367. The first kappa shape index (κ1) is 11.5. The van der Waals surface area contributed by atoms with Gasteiger partial charge in [0, 0.05) is 5.02 Å². The third-order valence-electron chi connectivity index (χ3n) is 1.90. The van der Waals surface area contributed by atoms with E-state index in [2.05, 4.69) is 5.32 Å². The zero-order valence-corrected chi connectivity index (χ0v) is 8.57. The molecule has 1 amide bonds. The fourth-order valence-corrected chi connectivity index (χ4v) is 1.45. The van der Waals surface area contributed by atoms with Crippen molar-refractivity contribution in [2.75, 3.05) is 0 Å². The van der Waals surface area contributed by atoms with Gasteiger partial charge in [-0.2, -0.15) is 0 Å². The summed E-state index contributed by atoms with van der Waals surface area (Å²) in [6.07, 6.45) is 0.313. The molecule has 1 rings (SSSR count). The highest BCUT2D eigenvalue weighted by molar-refractivity contribution is 6.30. The van der Waals surface area contributed by atoms with E-state index in [0.29, 0.717) is 17.0 Å². The van der Waals surface area contributed by atoms with E-state index >= 15 is 0 Å². The van der Waals surface area contributed by atoms with Crippen LogP contribution in [0.4, 0.5) is 0 Å². The first-order valence-electron chi connectivity index (χ1n) is 4.30. The minimum atomic E-state index is -0.977. The van der Waals surface area contributed by atoms with Gasteiger partial charge in [0.05, 0.1) is 12.5 Å². The van der Waals surface area contributed by atoms with Crippen LogP contribution in [-0.2, 0) is 9.59 Å². The van der Waals surface area contributed by atoms with Crippen LogP contribution in [0, 0.1) is 0 Å².